The van der Waals surface area contributed by atoms with Gasteiger partial charge >= 0.3 is 5.97 Å². The van der Waals surface area contributed by atoms with Crippen LogP contribution in [-0.2, 0) is 17.6 Å². The normalized spacial score (nSPS) is 10.7. The van der Waals surface area contributed by atoms with E-state index in [2.05, 4.69) is 89.8 Å². The second-order valence-electron chi connectivity index (χ2n) is 8.75. The fourth-order valence-electron chi connectivity index (χ4n) is 4.03. The maximum atomic E-state index is 11.7. The number of benzene rings is 4. The molecule has 4 heteroatoms. The third-order valence-corrected chi connectivity index (χ3v) is 6.95. The maximum Gasteiger partial charge on any atom is 0.311 e. The molecule has 0 N–H and O–H groups in total. The third-order valence-electron chi connectivity index (χ3n) is 5.95. The largest absolute Gasteiger partial charge is 0.427 e. The van der Waals surface area contributed by atoms with Crippen molar-refractivity contribution in [3.63, 3.8) is 0 Å². The molecule has 0 aliphatic rings. The zero-order chi connectivity index (χ0) is 25.0. The molecule has 0 saturated heterocycles. The Kier molecular flexibility index (Phi) is 9.63. The Morgan fingerprint density at radius 3 is 1.92 bits per heavy atom. The molecule has 0 spiro atoms. The van der Waals surface area contributed by atoms with Crippen molar-refractivity contribution in [3.8, 4) is 5.75 Å². The van der Waals surface area contributed by atoms with Crippen LogP contribution in [0, 0.1) is 0 Å². The van der Waals surface area contributed by atoms with E-state index >= 15 is 0 Å². The van der Waals surface area contributed by atoms with E-state index in [4.69, 9.17) is 4.74 Å². The molecule has 0 fully saturated rings. The lowest BCUT2D eigenvalue weighted by atomic mass is 10.1. The molecule has 0 saturated carbocycles. The molecule has 36 heavy (non-hydrogen) atoms. The predicted octanol–water partition coefficient (Wildman–Crippen LogP) is 7.84. The van der Waals surface area contributed by atoms with Gasteiger partial charge in [0.1, 0.15) is 5.75 Å². The lowest BCUT2D eigenvalue weighted by Gasteiger charge is -2.26. The molecule has 0 aromatic heterocycles. The summed E-state index contributed by atoms with van der Waals surface area (Å²) < 4.78 is 5.38. The number of rotatable bonds is 12. The minimum Gasteiger partial charge on any atom is -0.427 e. The monoisotopic (exact) mass is 495 g/mol. The fourth-order valence-corrected chi connectivity index (χ4v) is 4.90. The van der Waals surface area contributed by atoms with Gasteiger partial charge in [0.15, 0.2) is 0 Å². The van der Waals surface area contributed by atoms with Crippen molar-refractivity contribution in [2.75, 3.05) is 18.0 Å². The smallest absolute Gasteiger partial charge is 0.311 e. The first-order chi connectivity index (χ1) is 17.7. The van der Waals surface area contributed by atoms with Crippen LogP contribution in [0.3, 0.4) is 0 Å². The van der Waals surface area contributed by atoms with Gasteiger partial charge in [-0.2, -0.15) is 0 Å². The van der Waals surface area contributed by atoms with Crippen LogP contribution >= 0.6 is 11.8 Å². The van der Waals surface area contributed by atoms with Gasteiger partial charge in [0, 0.05) is 35.0 Å². The average Bonchev–Trinajstić information content (AvgIpc) is 2.91. The highest BCUT2D eigenvalue weighted by Gasteiger charge is 2.10. The molecular formula is C32H33NO2S. The van der Waals surface area contributed by atoms with Gasteiger partial charge in [-0.05, 0) is 72.9 Å². The number of anilines is 1. The number of carbonyl (C=O) groups excluding carboxylic acids is 1. The van der Waals surface area contributed by atoms with E-state index < -0.39 is 0 Å². The molecule has 0 atom stereocenters. The van der Waals surface area contributed by atoms with E-state index in [0.717, 1.165) is 37.2 Å². The second-order valence-corrected chi connectivity index (χ2v) is 9.90. The third kappa shape index (κ3) is 8.03. The number of carbonyl (C=O) groups is 1. The second kappa shape index (κ2) is 13.6. The van der Waals surface area contributed by atoms with Crippen LogP contribution in [0.1, 0.15) is 30.9 Å². The van der Waals surface area contributed by atoms with Gasteiger partial charge in [0.05, 0.1) is 0 Å². The molecule has 3 nitrogen and oxygen atoms in total. The first kappa shape index (κ1) is 25.6. The summed E-state index contributed by atoms with van der Waals surface area (Å²) in [5, 5.41) is 0. The van der Waals surface area contributed by atoms with Gasteiger partial charge < -0.3 is 9.64 Å². The minimum atomic E-state index is -0.184. The van der Waals surface area contributed by atoms with Crippen LogP contribution in [0.4, 0.5) is 5.69 Å². The molecule has 184 valence electrons. The summed E-state index contributed by atoms with van der Waals surface area (Å²) in [6.07, 6.45) is 3.24. The zero-order valence-electron chi connectivity index (χ0n) is 20.8. The highest BCUT2D eigenvalue weighted by molar-refractivity contribution is 7.99. The van der Waals surface area contributed by atoms with Crippen LogP contribution in [-0.4, -0.2) is 19.1 Å². The van der Waals surface area contributed by atoms with Gasteiger partial charge in [-0.15, -0.1) is 0 Å². The summed E-state index contributed by atoms with van der Waals surface area (Å²) in [6.45, 7) is 3.89. The van der Waals surface area contributed by atoms with Crippen molar-refractivity contribution in [3.05, 3.63) is 120 Å². The predicted molar refractivity (Wildman–Crippen MR) is 150 cm³/mol. The topological polar surface area (TPSA) is 29.5 Å². The SMILES string of the molecule is CCCC(=O)Oc1ccc(Sc2cccc(N(CCc3ccccc3)CCc3ccccc3)c2)cc1. The Labute approximate surface area is 219 Å². The molecule has 4 aromatic carbocycles. The molecule has 0 bridgehead atoms. The lowest BCUT2D eigenvalue weighted by Crippen LogP contribution is -2.28. The molecule has 4 aromatic rings. The van der Waals surface area contributed by atoms with E-state index in [1.54, 1.807) is 11.8 Å². The van der Waals surface area contributed by atoms with E-state index in [1.807, 2.05) is 31.2 Å². The van der Waals surface area contributed by atoms with Crippen molar-refractivity contribution in [2.45, 2.75) is 42.4 Å². The van der Waals surface area contributed by atoms with Crippen LogP contribution in [0.25, 0.3) is 0 Å². The average molecular weight is 496 g/mol. The summed E-state index contributed by atoms with van der Waals surface area (Å²) >= 11 is 1.72. The van der Waals surface area contributed by atoms with Crippen molar-refractivity contribution in [1.82, 2.24) is 0 Å². The van der Waals surface area contributed by atoms with Crippen molar-refractivity contribution in [2.24, 2.45) is 0 Å². The molecule has 0 aliphatic carbocycles. The highest BCUT2D eigenvalue weighted by Crippen LogP contribution is 2.32. The Morgan fingerprint density at radius 1 is 0.722 bits per heavy atom. The van der Waals surface area contributed by atoms with Gasteiger partial charge in [-0.25, -0.2) is 0 Å². The number of nitrogens with zero attached hydrogens (tertiary/aromatic N) is 1. The first-order valence-electron chi connectivity index (χ1n) is 12.6. The molecule has 0 amide bonds. The van der Waals surface area contributed by atoms with E-state index in [0.29, 0.717) is 12.2 Å². The van der Waals surface area contributed by atoms with Gasteiger partial charge in [0.25, 0.3) is 0 Å². The number of esters is 1. The number of ether oxygens (including phenoxy) is 1. The van der Waals surface area contributed by atoms with Crippen LogP contribution in [0.2, 0.25) is 0 Å². The highest BCUT2D eigenvalue weighted by atomic mass is 32.2. The quantitative estimate of drug-likeness (QED) is 0.148. The molecular weight excluding hydrogens is 462 g/mol. The zero-order valence-corrected chi connectivity index (χ0v) is 21.6. The van der Waals surface area contributed by atoms with Crippen LogP contribution in [0.5, 0.6) is 5.75 Å². The summed E-state index contributed by atoms with van der Waals surface area (Å²) in [5.41, 5.74) is 3.94. The molecule has 0 heterocycles. The Bertz CT molecular complexity index is 1170. The molecule has 0 radical (unpaired) electrons. The Morgan fingerprint density at radius 2 is 1.33 bits per heavy atom. The fraction of sp³-hybridized carbons (Fsp3) is 0.219. The van der Waals surface area contributed by atoms with Crippen molar-refractivity contribution < 1.29 is 9.53 Å². The van der Waals surface area contributed by atoms with Gasteiger partial charge in [0.2, 0.25) is 0 Å². The Balaban J connectivity index is 1.45. The van der Waals surface area contributed by atoms with Crippen LogP contribution < -0.4 is 9.64 Å². The number of hydrogen-bond donors (Lipinski definition) is 0. The molecule has 0 unspecified atom stereocenters. The van der Waals surface area contributed by atoms with E-state index in [9.17, 15) is 4.79 Å². The summed E-state index contributed by atoms with van der Waals surface area (Å²) in [6, 6.07) is 37.9. The summed E-state index contributed by atoms with van der Waals surface area (Å²) in [4.78, 5) is 16.5. The summed E-state index contributed by atoms with van der Waals surface area (Å²) in [7, 11) is 0. The molecule has 0 aliphatic heterocycles. The van der Waals surface area contributed by atoms with Gasteiger partial charge in [-0.1, -0.05) is 85.4 Å². The van der Waals surface area contributed by atoms with Gasteiger partial charge in [-0.3, -0.25) is 4.79 Å². The number of hydrogen-bond acceptors (Lipinski definition) is 4. The standard InChI is InChI=1S/C32H33NO2S/c1-2-10-32(34)35-29-17-19-30(20-18-29)36-31-16-9-15-28(25-31)33(23-21-26-11-5-3-6-12-26)24-22-27-13-7-4-8-14-27/h3-9,11-20,25H,2,10,21-24H2,1H3. The summed E-state index contributed by atoms with van der Waals surface area (Å²) in [5.74, 6) is 0.413. The first-order valence-corrected chi connectivity index (χ1v) is 13.4. The van der Waals surface area contributed by atoms with E-state index in [1.165, 1.54) is 21.7 Å². The van der Waals surface area contributed by atoms with Crippen LogP contribution in [0.15, 0.2) is 119 Å². The maximum absolute atomic E-state index is 11.7. The Hall–Kier alpha value is -3.50. The lowest BCUT2D eigenvalue weighted by molar-refractivity contribution is -0.134. The molecule has 4 rings (SSSR count). The van der Waals surface area contributed by atoms with Crippen molar-refractivity contribution >= 4 is 23.4 Å². The van der Waals surface area contributed by atoms with E-state index in [-0.39, 0.29) is 5.97 Å². The van der Waals surface area contributed by atoms with Crippen molar-refractivity contribution in [1.29, 1.82) is 0 Å². The minimum absolute atomic E-state index is 0.184.